The Labute approximate surface area is 123 Å². The van der Waals surface area contributed by atoms with Crippen LogP contribution in [-0.2, 0) is 6.54 Å². The van der Waals surface area contributed by atoms with Crippen LogP contribution in [0, 0.1) is 5.82 Å². The molecule has 0 bridgehead atoms. The molecular weight excluding hydrogens is 277 g/mol. The number of halogens is 2. The predicted octanol–water partition coefficient (Wildman–Crippen LogP) is 4.26. The number of hydrogen-bond acceptors (Lipinski definition) is 2. The fourth-order valence-electron chi connectivity index (χ4n) is 2.08. The Hall–Kier alpha value is -1.58. The maximum Gasteiger partial charge on any atom is 0.138 e. The number of methoxy groups -OCH3 is 1. The molecule has 0 spiro atoms. The third-order valence-electron chi connectivity index (χ3n) is 3.09. The number of benzene rings is 2. The van der Waals surface area contributed by atoms with E-state index in [2.05, 4.69) is 5.32 Å². The van der Waals surface area contributed by atoms with Gasteiger partial charge in [0, 0.05) is 6.54 Å². The smallest absolute Gasteiger partial charge is 0.138 e. The highest BCUT2D eigenvalue weighted by Crippen LogP contribution is 2.32. The van der Waals surface area contributed by atoms with Crippen molar-refractivity contribution in [1.29, 1.82) is 0 Å². The fraction of sp³-hybridized carbons (Fsp3) is 0.250. The lowest BCUT2D eigenvalue weighted by Gasteiger charge is -2.12. The van der Waals surface area contributed by atoms with Gasteiger partial charge in [-0.1, -0.05) is 30.7 Å². The average molecular weight is 294 g/mol. The Bertz CT molecular complexity index is 601. The molecule has 0 saturated carbocycles. The molecule has 0 aliphatic carbocycles. The molecule has 2 aromatic carbocycles. The number of nitrogens with one attached hydrogen (secondary N) is 1. The Morgan fingerprint density at radius 2 is 2.00 bits per heavy atom. The second kappa shape index (κ2) is 6.73. The average Bonchev–Trinajstić information content (AvgIpc) is 2.46. The van der Waals surface area contributed by atoms with E-state index in [1.807, 2.05) is 19.1 Å². The van der Waals surface area contributed by atoms with E-state index in [1.165, 1.54) is 6.07 Å². The van der Waals surface area contributed by atoms with Crippen molar-refractivity contribution in [3.63, 3.8) is 0 Å². The molecule has 0 amide bonds. The first-order valence-electron chi connectivity index (χ1n) is 6.48. The van der Waals surface area contributed by atoms with E-state index in [4.69, 9.17) is 16.3 Å². The maximum absolute atomic E-state index is 13.4. The van der Waals surface area contributed by atoms with Crippen LogP contribution >= 0.6 is 11.6 Å². The highest BCUT2D eigenvalue weighted by Gasteiger charge is 2.09. The van der Waals surface area contributed by atoms with E-state index in [0.29, 0.717) is 17.3 Å². The first kappa shape index (κ1) is 14.8. The van der Waals surface area contributed by atoms with Crippen LogP contribution in [0.3, 0.4) is 0 Å². The van der Waals surface area contributed by atoms with Crippen LogP contribution in [0.1, 0.15) is 12.5 Å². The molecule has 20 heavy (non-hydrogen) atoms. The molecule has 2 aromatic rings. The van der Waals surface area contributed by atoms with E-state index in [1.54, 1.807) is 25.3 Å². The van der Waals surface area contributed by atoms with Crippen molar-refractivity contribution in [3.8, 4) is 16.9 Å². The zero-order valence-corrected chi connectivity index (χ0v) is 12.3. The molecule has 0 aliphatic rings. The van der Waals surface area contributed by atoms with E-state index < -0.39 is 0 Å². The van der Waals surface area contributed by atoms with Crippen LogP contribution < -0.4 is 10.1 Å². The summed E-state index contributed by atoms with van der Waals surface area (Å²) in [6.45, 7) is 3.47. The normalized spacial score (nSPS) is 10.6. The molecule has 4 heteroatoms. The van der Waals surface area contributed by atoms with Gasteiger partial charge in [0.1, 0.15) is 11.6 Å². The summed E-state index contributed by atoms with van der Waals surface area (Å²) < 4.78 is 18.7. The predicted molar refractivity (Wildman–Crippen MR) is 80.8 cm³/mol. The molecule has 0 atom stereocenters. The molecule has 0 saturated heterocycles. The Morgan fingerprint density at radius 1 is 1.20 bits per heavy atom. The van der Waals surface area contributed by atoms with Crippen molar-refractivity contribution < 1.29 is 9.13 Å². The minimum Gasteiger partial charge on any atom is -0.495 e. The van der Waals surface area contributed by atoms with Crippen LogP contribution in [-0.4, -0.2) is 13.7 Å². The van der Waals surface area contributed by atoms with Gasteiger partial charge in [-0.3, -0.25) is 0 Å². The van der Waals surface area contributed by atoms with Gasteiger partial charge in [-0.2, -0.15) is 0 Å². The van der Waals surface area contributed by atoms with Gasteiger partial charge in [0.25, 0.3) is 0 Å². The van der Waals surface area contributed by atoms with Crippen LogP contribution in [0.2, 0.25) is 5.02 Å². The molecule has 0 aliphatic heterocycles. The second-order valence-electron chi connectivity index (χ2n) is 4.43. The summed E-state index contributed by atoms with van der Waals surface area (Å²) in [6, 6.07) is 10.4. The van der Waals surface area contributed by atoms with E-state index >= 15 is 0 Å². The SMILES string of the molecule is CCNCc1cc(F)ccc1-c1ccc(Cl)c(OC)c1. The number of rotatable bonds is 5. The topological polar surface area (TPSA) is 21.3 Å². The molecule has 2 rings (SSSR count). The van der Waals surface area contributed by atoms with Gasteiger partial charge in [0.05, 0.1) is 12.1 Å². The van der Waals surface area contributed by atoms with Crippen molar-refractivity contribution in [2.75, 3.05) is 13.7 Å². The first-order chi connectivity index (χ1) is 9.65. The molecule has 0 aromatic heterocycles. The first-order valence-corrected chi connectivity index (χ1v) is 6.86. The van der Waals surface area contributed by atoms with Crippen LogP contribution in [0.5, 0.6) is 5.75 Å². The summed E-state index contributed by atoms with van der Waals surface area (Å²) >= 11 is 6.04. The van der Waals surface area contributed by atoms with Crippen LogP contribution in [0.4, 0.5) is 4.39 Å². The lowest BCUT2D eigenvalue weighted by Crippen LogP contribution is -2.12. The van der Waals surface area contributed by atoms with Crippen LogP contribution in [0.15, 0.2) is 36.4 Å². The van der Waals surface area contributed by atoms with E-state index in [9.17, 15) is 4.39 Å². The van der Waals surface area contributed by atoms with Crippen molar-refractivity contribution in [2.24, 2.45) is 0 Å². The van der Waals surface area contributed by atoms with Gasteiger partial charge < -0.3 is 10.1 Å². The van der Waals surface area contributed by atoms with E-state index in [0.717, 1.165) is 23.2 Å². The van der Waals surface area contributed by atoms with Gasteiger partial charge in [0.15, 0.2) is 0 Å². The van der Waals surface area contributed by atoms with Crippen molar-refractivity contribution >= 4 is 11.6 Å². The van der Waals surface area contributed by atoms with Crippen molar-refractivity contribution in [2.45, 2.75) is 13.5 Å². The van der Waals surface area contributed by atoms with Crippen molar-refractivity contribution in [3.05, 3.63) is 52.8 Å². The van der Waals surface area contributed by atoms with Crippen molar-refractivity contribution in [1.82, 2.24) is 5.32 Å². The lowest BCUT2D eigenvalue weighted by atomic mass is 9.99. The van der Waals surface area contributed by atoms with Gasteiger partial charge in [-0.05, 0) is 47.5 Å². The molecular formula is C16H17ClFNO. The standard InChI is InChI=1S/C16H17ClFNO/c1-3-19-10-12-8-13(18)5-6-14(12)11-4-7-15(17)16(9-11)20-2/h4-9,19H,3,10H2,1-2H3. The Morgan fingerprint density at radius 3 is 2.70 bits per heavy atom. The summed E-state index contributed by atoms with van der Waals surface area (Å²) in [5.74, 6) is 0.380. The van der Waals surface area contributed by atoms with Crippen LogP contribution in [0.25, 0.3) is 11.1 Å². The monoisotopic (exact) mass is 293 g/mol. The van der Waals surface area contributed by atoms with Gasteiger partial charge in [0.2, 0.25) is 0 Å². The highest BCUT2D eigenvalue weighted by molar-refractivity contribution is 6.32. The summed E-state index contributed by atoms with van der Waals surface area (Å²) in [5.41, 5.74) is 2.85. The third-order valence-corrected chi connectivity index (χ3v) is 3.41. The number of ether oxygens (including phenoxy) is 1. The van der Waals surface area contributed by atoms with Gasteiger partial charge in [-0.25, -0.2) is 4.39 Å². The highest BCUT2D eigenvalue weighted by atomic mass is 35.5. The third kappa shape index (κ3) is 3.30. The fourth-order valence-corrected chi connectivity index (χ4v) is 2.27. The number of hydrogen-bond donors (Lipinski definition) is 1. The summed E-state index contributed by atoms with van der Waals surface area (Å²) in [6.07, 6.45) is 0. The second-order valence-corrected chi connectivity index (χ2v) is 4.84. The largest absolute Gasteiger partial charge is 0.495 e. The zero-order valence-electron chi connectivity index (χ0n) is 11.5. The Kier molecular flexibility index (Phi) is 4.99. The molecule has 0 radical (unpaired) electrons. The van der Waals surface area contributed by atoms with E-state index in [-0.39, 0.29) is 5.82 Å². The molecule has 1 N–H and O–H groups in total. The molecule has 106 valence electrons. The minimum atomic E-state index is -0.234. The molecule has 0 heterocycles. The molecule has 2 nitrogen and oxygen atoms in total. The molecule has 0 fully saturated rings. The summed E-state index contributed by atoms with van der Waals surface area (Å²) in [5, 5.41) is 3.78. The Balaban J connectivity index is 2.45. The zero-order chi connectivity index (χ0) is 14.5. The summed E-state index contributed by atoms with van der Waals surface area (Å²) in [7, 11) is 1.58. The van der Waals surface area contributed by atoms with Gasteiger partial charge in [-0.15, -0.1) is 0 Å². The van der Waals surface area contributed by atoms with Gasteiger partial charge >= 0.3 is 0 Å². The lowest BCUT2D eigenvalue weighted by molar-refractivity contribution is 0.415. The summed E-state index contributed by atoms with van der Waals surface area (Å²) in [4.78, 5) is 0. The quantitative estimate of drug-likeness (QED) is 0.889. The minimum absolute atomic E-state index is 0.234. The maximum atomic E-state index is 13.4. The molecule has 0 unspecified atom stereocenters.